The van der Waals surface area contributed by atoms with Crippen molar-refractivity contribution < 1.29 is 17.6 Å². The Morgan fingerprint density at radius 2 is 1.65 bits per heavy atom. The molecule has 2 rings (SSSR count). The monoisotopic (exact) mass is 246 g/mol. The zero-order chi connectivity index (χ0) is 12.6. The number of rotatable bonds is 3. The van der Waals surface area contributed by atoms with Gasteiger partial charge in [0.05, 0.1) is 5.52 Å². The van der Waals surface area contributed by atoms with Crippen LogP contribution in [0.15, 0.2) is 6.20 Å². The van der Waals surface area contributed by atoms with Crippen LogP contribution in [0.5, 0.6) is 0 Å². The molecule has 0 fully saturated rings. The predicted octanol–water partition coefficient (Wildman–Crippen LogP) is 2.62. The molecule has 3 N–H and O–H groups in total. The lowest BCUT2D eigenvalue weighted by molar-refractivity contribution is 0.417. The van der Waals surface area contributed by atoms with Crippen LogP contribution in [0.3, 0.4) is 0 Å². The predicted molar refractivity (Wildman–Crippen MR) is 55.5 cm³/mol. The van der Waals surface area contributed by atoms with Crippen LogP contribution < -0.4 is 5.73 Å². The van der Waals surface area contributed by atoms with Crippen molar-refractivity contribution in [2.75, 3.05) is 6.54 Å². The molecule has 0 atom stereocenters. The third-order valence-corrected chi connectivity index (χ3v) is 2.63. The quantitative estimate of drug-likeness (QED) is 0.488. The second kappa shape index (κ2) is 4.37. The van der Waals surface area contributed by atoms with Crippen molar-refractivity contribution in [2.24, 2.45) is 5.73 Å². The average molecular weight is 246 g/mol. The lowest BCUT2D eigenvalue weighted by Crippen LogP contribution is -2.01. The first-order valence-corrected chi connectivity index (χ1v) is 5.10. The highest BCUT2D eigenvalue weighted by molar-refractivity contribution is 5.84. The van der Waals surface area contributed by atoms with Gasteiger partial charge < -0.3 is 10.7 Å². The standard InChI is InChI=1S/C11H10F4N2/c12-7-6-5(2-1-3-16)4-17-11(6)10(15)9(14)8(7)13/h4,17H,1-3,16H2. The van der Waals surface area contributed by atoms with E-state index in [2.05, 4.69) is 4.98 Å². The van der Waals surface area contributed by atoms with Gasteiger partial charge in [-0.3, -0.25) is 0 Å². The molecule has 92 valence electrons. The summed E-state index contributed by atoms with van der Waals surface area (Å²) in [5, 5.41) is -0.241. The summed E-state index contributed by atoms with van der Waals surface area (Å²) in [4.78, 5) is 2.41. The van der Waals surface area contributed by atoms with E-state index in [-0.39, 0.29) is 10.9 Å². The molecule has 17 heavy (non-hydrogen) atoms. The molecular formula is C11H10F4N2. The SMILES string of the molecule is NCCCc1c[nH]c2c(F)c(F)c(F)c(F)c12. The Balaban J connectivity index is 2.67. The van der Waals surface area contributed by atoms with E-state index in [1.54, 1.807) is 0 Å². The van der Waals surface area contributed by atoms with Crippen LogP contribution in [0.25, 0.3) is 10.9 Å². The third kappa shape index (κ3) is 1.78. The summed E-state index contributed by atoms with van der Waals surface area (Å²) in [6.07, 6.45) is 2.26. The number of hydrogen-bond donors (Lipinski definition) is 2. The fourth-order valence-electron chi connectivity index (χ4n) is 1.79. The summed E-state index contributed by atoms with van der Waals surface area (Å²) in [6.45, 7) is 0.375. The summed E-state index contributed by atoms with van der Waals surface area (Å²) in [6, 6.07) is 0. The van der Waals surface area contributed by atoms with Crippen LogP contribution in [0.4, 0.5) is 17.6 Å². The molecule has 0 bridgehead atoms. The highest BCUT2D eigenvalue weighted by atomic mass is 19.2. The highest BCUT2D eigenvalue weighted by Crippen LogP contribution is 2.29. The maximum absolute atomic E-state index is 13.5. The largest absolute Gasteiger partial charge is 0.358 e. The minimum absolute atomic E-state index is 0.241. The van der Waals surface area contributed by atoms with Gasteiger partial charge in [-0.15, -0.1) is 0 Å². The van der Waals surface area contributed by atoms with Crippen molar-refractivity contribution in [3.63, 3.8) is 0 Å². The van der Waals surface area contributed by atoms with E-state index in [1.807, 2.05) is 0 Å². The van der Waals surface area contributed by atoms with Crippen LogP contribution in [0.1, 0.15) is 12.0 Å². The second-order valence-electron chi connectivity index (χ2n) is 3.71. The van der Waals surface area contributed by atoms with E-state index in [1.165, 1.54) is 6.20 Å². The molecule has 1 heterocycles. The molecule has 0 radical (unpaired) electrons. The fourth-order valence-corrected chi connectivity index (χ4v) is 1.79. The van der Waals surface area contributed by atoms with Crippen LogP contribution in [0, 0.1) is 23.3 Å². The molecule has 2 aromatic rings. The van der Waals surface area contributed by atoms with Crippen molar-refractivity contribution in [1.82, 2.24) is 4.98 Å². The third-order valence-electron chi connectivity index (χ3n) is 2.63. The average Bonchev–Trinajstić information content (AvgIpc) is 2.75. The molecule has 0 saturated carbocycles. The van der Waals surface area contributed by atoms with Crippen molar-refractivity contribution in [3.05, 3.63) is 35.0 Å². The zero-order valence-electron chi connectivity index (χ0n) is 8.79. The Hall–Kier alpha value is -1.56. The van der Waals surface area contributed by atoms with Gasteiger partial charge >= 0.3 is 0 Å². The van der Waals surface area contributed by atoms with Crippen LogP contribution in [-0.4, -0.2) is 11.5 Å². The number of fused-ring (bicyclic) bond motifs is 1. The molecule has 1 aromatic heterocycles. The maximum Gasteiger partial charge on any atom is 0.199 e. The Morgan fingerprint density at radius 1 is 1.00 bits per heavy atom. The van der Waals surface area contributed by atoms with Gasteiger partial charge in [-0.1, -0.05) is 0 Å². The van der Waals surface area contributed by atoms with Crippen LogP contribution in [-0.2, 0) is 6.42 Å². The Morgan fingerprint density at radius 3 is 2.29 bits per heavy atom. The molecule has 1 aromatic carbocycles. The van der Waals surface area contributed by atoms with Gasteiger partial charge in [0, 0.05) is 11.6 Å². The molecule has 0 aliphatic heterocycles. The minimum Gasteiger partial charge on any atom is -0.358 e. The van der Waals surface area contributed by atoms with Crippen molar-refractivity contribution in [3.8, 4) is 0 Å². The number of halogens is 4. The summed E-state index contributed by atoms with van der Waals surface area (Å²) in [5.41, 5.74) is 5.34. The Labute approximate surface area is 94.4 Å². The van der Waals surface area contributed by atoms with E-state index in [4.69, 9.17) is 5.73 Å². The molecule has 0 saturated heterocycles. The van der Waals surface area contributed by atoms with E-state index < -0.39 is 23.3 Å². The second-order valence-corrected chi connectivity index (χ2v) is 3.71. The van der Waals surface area contributed by atoms with Gasteiger partial charge in [0.25, 0.3) is 0 Å². The molecule has 0 amide bonds. The number of H-pyrrole nitrogens is 1. The number of aromatic nitrogens is 1. The maximum atomic E-state index is 13.5. The van der Waals surface area contributed by atoms with Gasteiger partial charge in [-0.05, 0) is 24.9 Å². The molecular weight excluding hydrogens is 236 g/mol. The van der Waals surface area contributed by atoms with Crippen molar-refractivity contribution in [2.45, 2.75) is 12.8 Å². The van der Waals surface area contributed by atoms with Gasteiger partial charge in [0.15, 0.2) is 23.3 Å². The Bertz CT molecular complexity index is 562. The van der Waals surface area contributed by atoms with E-state index in [0.717, 1.165) is 0 Å². The first kappa shape index (κ1) is 11.9. The molecule has 2 nitrogen and oxygen atoms in total. The minimum atomic E-state index is -1.80. The summed E-state index contributed by atoms with van der Waals surface area (Å²) in [5.74, 6) is -6.36. The number of nitrogens with one attached hydrogen (secondary N) is 1. The molecule has 6 heteroatoms. The van der Waals surface area contributed by atoms with Gasteiger partial charge in [0.1, 0.15) is 0 Å². The smallest absolute Gasteiger partial charge is 0.199 e. The molecule has 0 aliphatic rings. The van der Waals surface area contributed by atoms with E-state index >= 15 is 0 Å². The van der Waals surface area contributed by atoms with Crippen molar-refractivity contribution >= 4 is 10.9 Å². The van der Waals surface area contributed by atoms with Gasteiger partial charge in [-0.2, -0.15) is 0 Å². The number of aromatic amines is 1. The van der Waals surface area contributed by atoms with E-state index in [9.17, 15) is 17.6 Å². The summed E-state index contributed by atoms with van der Waals surface area (Å²) in [7, 11) is 0. The lowest BCUT2D eigenvalue weighted by atomic mass is 10.1. The normalized spacial score (nSPS) is 11.4. The molecule has 0 unspecified atom stereocenters. The number of aryl methyl sites for hydroxylation is 1. The number of benzene rings is 1. The topological polar surface area (TPSA) is 41.8 Å². The highest BCUT2D eigenvalue weighted by Gasteiger charge is 2.23. The van der Waals surface area contributed by atoms with Gasteiger partial charge in [0.2, 0.25) is 0 Å². The zero-order valence-corrected chi connectivity index (χ0v) is 8.79. The number of hydrogen-bond acceptors (Lipinski definition) is 1. The number of nitrogens with two attached hydrogens (primary N) is 1. The summed E-state index contributed by atoms with van der Waals surface area (Å²) < 4.78 is 52.9. The summed E-state index contributed by atoms with van der Waals surface area (Å²) >= 11 is 0. The Kier molecular flexibility index (Phi) is 3.06. The van der Waals surface area contributed by atoms with Gasteiger partial charge in [-0.25, -0.2) is 17.6 Å². The van der Waals surface area contributed by atoms with Crippen LogP contribution in [0.2, 0.25) is 0 Å². The molecule has 0 spiro atoms. The molecule has 0 aliphatic carbocycles. The first-order chi connectivity index (χ1) is 8.07. The van der Waals surface area contributed by atoms with E-state index in [0.29, 0.717) is 24.9 Å². The first-order valence-electron chi connectivity index (χ1n) is 5.10. The lowest BCUT2D eigenvalue weighted by Gasteiger charge is -2.02. The van der Waals surface area contributed by atoms with Crippen molar-refractivity contribution in [1.29, 1.82) is 0 Å². The van der Waals surface area contributed by atoms with Crippen LogP contribution >= 0.6 is 0 Å². The fraction of sp³-hybridized carbons (Fsp3) is 0.273.